The Morgan fingerprint density at radius 2 is 1.86 bits per heavy atom. The van der Waals surface area contributed by atoms with Gasteiger partial charge in [-0.15, -0.1) is 0 Å². The van der Waals surface area contributed by atoms with Crippen molar-refractivity contribution in [2.75, 3.05) is 19.8 Å². The molecule has 0 saturated carbocycles. The van der Waals surface area contributed by atoms with E-state index >= 15 is 0 Å². The fourth-order valence-corrected chi connectivity index (χ4v) is 4.88. The summed E-state index contributed by atoms with van der Waals surface area (Å²) in [5.74, 6) is 0.428. The number of amides is 1. The Labute approximate surface area is 227 Å². The number of carbonyl (C=O) groups excluding carboxylic acids is 1. The van der Waals surface area contributed by atoms with E-state index in [2.05, 4.69) is 15.9 Å². The number of amidine groups is 1. The van der Waals surface area contributed by atoms with Crippen molar-refractivity contribution in [1.29, 1.82) is 0 Å². The molecule has 0 aromatic heterocycles. The maximum Gasteiger partial charge on any atom is 0.269 e. The van der Waals surface area contributed by atoms with E-state index in [9.17, 15) is 14.9 Å². The average Bonchev–Trinajstić information content (AvgIpc) is 3.18. The van der Waals surface area contributed by atoms with Crippen LogP contribution in [0.2, 0.25) is 0 Å². The lowest BCUT2D eigenvalue weighted by Crippen LogP contribution is -2.32. The molecule has 1 amide bonds. The van der Waals surface area contributed by atoms with Crippen LogP contribution in [-0.2, 0) is 16.1 Å². The summed E-state index contributed by atoms with van der Waals surface area (Å²) in [6, 6.07) is 21.3. The van der Waals surface area contributed by atoms with Gasteiger partial charge < -0.3 is 9.47 Å². The maximum absolute atomic E-state index is 13.4. The van der Waals surface area contributed by atoms with Crippen molar-refractivity contribution in [3.8, 4) is 5.75 Å². The Morgan fingerprint density at radius 1 is 1.11 bits per heavy atom. The Hall–Kier alpha value is -3.47. The van der Waals surface area contributed by atoms with Crippen LogP contribution in [0.3, 0.4) is 0 Å². The molecule has 4 rings (SSSR count). The van der Waals surface area contributed by atoms with Crippen molar-refractivity contribution < 1.29 is 19.2 Å². The van der Waals surface area contributed by atoms with Gasteiger partial charge >= 0.3 is 0 Å². The van der Waals surface area contributed by atoms with E-state index in [4.69, 9.17) is 14.5 Å². The molecule has 1 heterocycles. The van der Waals surface area contributed by atoms with Gasteiger partial charge in [-0.2, -0.15) is 0 Å². The molecule has 3 aromatic carbocycles. The van der Waals surface area contributed by atoms with Crippen LogP contribution in [0.25, 0.3) is 6.08 Å². The summed E-state index contributed by atoms with van der Waals surface area (Å²) in [6.45, 7) is 3.50. The number of rotatable bonds is 10. The zero-order valence-electron chi connectivity index (χ0n) is 20.0. The van der Waals surface area contributed by atoms with Gasteiger partial charge in [0.25, 0.3) is 11.6 Å². The van der Waals surface area contributed by atoms with Crippen LogP contribution >= 0.6 is 27.7 Å². The first-order valence-corrected chi connectivity index (χ1v) is 13.1. The zero-order valence-corrected chi connectivity index (χ0v) is 22.4. The van der Waals surface area contributed by atoms with Gasteiger partial charge in [-0.05, 0) is 72.8 Å². The number of non-ortho nitro benzene ring substituents is 1. The van der Waals surface area contributed by atoms with E-state index in [1.807, 2.05) is 55.5 Å². The van der Waals surface area contributed by atoms with Crippen LogP contribution < -0.4 is 4.74 Å². The monoisotopic (exact) mass is 581 g/mol. The molecule has 1 aliphatic heterocycles. The molecule has 1 aliphatic rings. The summed E-state index contributed by atoms with van der Waals surface area (Å²) < 4.78 is 12.4. The van der Waals surface area contributed by atoms with Crippen LogP contribution in [0.1, 0.15) is 18.1 Å². The van der Waals surface area contributed by atoms with Crippen LogP contribution in [-0.4, -0.2) is 40.7 Å². The molecule has 0 unspecified atom stereocenters. The SMILES string of the molecule is CCOCCN1C(=O)/C(=C/c2cc(Br)ccc2OCc2ccc([N+](=O)[O-])cc2)SC1=Nc1ccccc1. The van der Waals surface area contributed by atoms with Crippen LogP contribution in [0.5, 0.6) is 5.75 Å². The number of carbonyl (C=O) groups is 1. The van der Waals surface area contributed by atoms with Gasteiger partial charge in [0.2, 0.25) is 0 Å². The highest BCUT2D eigenvalue weighted by Gasteiger charge is 2.33. The van der Waals surface area contributed by atoms with Crippen LogP contribution in [0.4, 0.5) is 11.4 Å². The van der Waals surface area contributed by atoms with Gasteiger partial charge in [-0.1, -0.05) is 34.1 Å². The van der Waals surface area contributed by atoms with E-state index in [-0.39, 0.29) is 18.2 Å². The topological polar surface area (TPSA) is 94.3 Å². The summed E-state index contributed by atoms with van der Waals surface area (Å²) in [7, 11) is 0. The minimum atomic E-state index is -0.438. The Morgan fingerprint density at radius 3 is 2.57 bits per heavy atom. The molecule has 1 saturated heterocycles. The maximum atomic E-state index is 13.4. The number of nitro benzene ring substituents is 1. The second-order valence-corrected chi connectivity index (χ2v) is 9.81. The molecule has 10 heteroatoms. The zero-order chi connectivity index (χ0) is 26.2. The quantitative estimate of drug-likeness (QED) is 0.116. The third-order valence-corrected chi connectivity index (χ3v) is 6.83. The van der Waals surface area contributed by atoms with Crippen LogP contribution in [0.15, 0.2) is 87.2 Å². The molecular formula is C27H24BrN3O5S. The van der Waals surface area contributed by atoms with Gasteiger partial charge in [0.15, 0.2) is 5.17 Å². The highest BCUT2D eigenvalue weighted by Crippen LogP contribution is 2.36. The van der Waals surface area contributed by atoms with E-state index < -0.39 is 4.92 Å². The van der Waals surface area contributed by atoms with Crippen molar-refractivity contribution in [3.05, 3.63) is 103 Å². The number of benzene rings is 3. The van der Waals surface area contributed by atoms with E-state index in [0.717, 1.165) is 21.3 Å². The van der Waals surface area contributed by atoms with Crippen molar-refractivity contribution >= 4 is 56.2 Å². The summed E-state index contributed by atoms with van der Waals surface area (Å²) in [4.78, 5) is 30.7. The number of thioether (sulfide) groups is 1. The molecule has 0 bridgehead atoms. The molecule has 8 nitrogen and oxygen atoms in total. The van der Waals surface area contributed by atoms with Gasteiger partial charge in [0.1, 0.15) is 12.4 Å². The first-order valence-electron chi connectivity index (χ1n) is 11.5. The number of nitrogens with zero attached hydrogens (tertiary/aromatic N) is 3. The number of aliphatic imine (C=N–C) groups is 1. The number of para-hydroxylation sites is 1. The fraction of sp³-hybridized carbons (Fsp3) is 0.185. The van der Waals surface area contributed by atoms with E-state index in [0.29, 0.717) is 35.6 Å². The smallest absolute Gasteiger partial charge is 0.269 e. The summed E-state index contributed by atoms with van der Waals surface area (Å²) in [5, 5.41) is 11.5. The van der Waals surface area contributed by atoms with Gasteiger partial charge in [-0.25, -0.2) is 4.99 Å². The number of nitro groups is 1. The molecule has 3 aromatic rings. The normalized spacial score (nSPS) is 15.5. The van der Waals surface area contributed by atoms with Crippen molar-refractivity contribution in [2.45, 2.75) is 13.5 Å². The minimum absolute atomic E-state index is 0.0245. The summed E-state index contributed by atoms with van der Waals surface area (Å²) in [6.07, 6.45) is 1.80. The molecule has 37 heavy (non-hydrogen) atoms. The molecule has 190 valence electrons. The first-order chi connectivity index (χ1) is 17.9. The molecule has 1 fully saturated rings. The minimum Gasteiger partial charge on any atom is -0.488 e. The summed E-state index contributed by atoms with van der Waals surface area (Å²) in [5.41, 5.74) is 2.29. The second-order valence-electron chi connectivity index (χ2n) is 7.89. The lowest BCUT2D eigenvalue weighted by molar-refractivity contribution is -0.384. The standard InChI is InChI=1S/C27H24BrN3O5S/c1-2-35-15-14-30-26(32)25(37-27(30)29-22-6-4-3-5-7-22)17-20-16-21(28)10-13-24(20)36-18-19-8-11-23(12-9-19)31(33)34/h3-13,16-17H,2,14-15,18H2,1H3/b25-17-,29-27?. The lowest BCUT2D eigenvalue weighted by Gasteiger charge is -2.15. The number of halogens is 1. The predicted octanol–water partition coefficient (Wildman–Crippen LogP) is 6.58. The van der Waals surface area contributed by atoms with Gasteiger partial charge in [0.05, 0.1) is 28.7 Å². The number of hydrogen-bond donors (Lipinski definition) is 0. The molecule has 0 N–H and O–H groups in total. The summed E-state index contributed by atoms with van der Waals surface area (Å²) >= 11 is 4.80. The molecule has 0 radical (unpaired) electrons. The highest BCUT2D eigenvalue weighted by molar-refractivity contribution is 9.10. The first kappa shape index (κ1) is 26.6. The molecular weight excluding hydrogens is 558 g/mol. The Kier molecular flexibility index (Phi) is 9.10. The van der Waals surface area contributed by atoms with Crippen molar-refractivity contribution in [2.24, 2.45) is 4.99 Å². The van der Waals surface area contributed by atoms with E-state index in [1.54, 1.807) is 23.1 Å². The fourth-order valence-electron chi connectivity index (χ4n) is 3.48. The average molecular weight is 582 g/mol. The van der Waals surface area contributed by atoms with Crippen molar-refractivity contribution in [3.63, 3.8) is 0 Å². The van der Waals surface area contributed by atoms with Gasteiger partial charge in [-0.3, -0.25) is 19.8 Å². The van der Waals surface area contributed by atoms with Crippen molar-refractivity contribution in [1.82, 2.24) is 4.90 Å². The largest absolute Gasteiger partial charge is 0.488 e. The molecule has 0 atom stereocenters. The van der Waals surface area contributed by atoms with Crippen LogP contribution in [0, 0.1) is 10.1 Å². The third kappa shape index (κ3) is 7.06. The molecule has 0 aliphatic carbocycles. The lowest BCUT2D eigenvalue weighted by atomic mass is 10.1. The van der Waals surface area contributed by atoms with E-state index in [1.165, 1.54) is 23.9 Å². The Bertz CT molecular complexity index is 1330. The Balaban J connectivity index is 1.59. The number of hydrogen-bond acceptors (Lipinski definition) is 7. The van der Waals surface area contributed by atoms with Gasteiger partial charge in [0, 0.05) is 28.8 Å². The number of ether oxygens (including phenoxy) is 2. The highest BCUT2D eigenvalue weighted by atomic mass is 79.9. The predicted molar refractivity (Wildman–Crippen MR) is 149 cm³/mol. The molecule has 0 spiro atoms. The third-order valence-electron chi connectivity index (χ3n) is 5.33. The second kappa shape index (κ2) is 12.7.